The Kier molecular flexibility index (Phi) is 6.27. The van der Waals surface area contributed by atoms with Crippen molar-refractivity contribution >= 4 is 5.96 Å². The van der Waals surface area contributed by atoms with Crippen LogP contribution in [0.5, 0.6) is 0 Å². The summed E-state index contributed by atoms with van der Waals surface area (Å²) in [4.78, 5) is 4.48. The maximum atomic E-state index is 10.1. The van der Waals surface area contributed by atoms with Crippen molar-refractivity contribution in [3.8, 4) is 0 Å². The van der Waals surface area contributed by atoms with Crippen LogP contribution < -0.4 is 10.6 Å². The molecule has 1 atom stereocenters. The third-order valence-corrected chi connectivity index (χ3v) is 3.87. The second-order valence-corrected chi connectivity index (χ2v) is 6.74. The Morgan fingerprint density at radius 2 is 2.00 bits per heavy atom. The molecule has 0 saturated heterocycles. The van der Waals surface area contributed by atoms with Gasteiger partial charge in [0.25, 0.3) is 0 Å². The number of nitrogens with zero attached hydrogens (tertiary/aromatic N) is 1. The van der Waals surface area contributed by atoms with Crippen molar-refractivity contribution in [1.29, 1.82) is 0 Å². The van der Waals surface area contributed by atoms with Crippen molar-refractivity contribution in [2.24, 2.45) is 10.4 Å². The fourth-order valence-corrected chi connectivity index (χ4v) is 2.24. The molecule has 0 bridgehead atoms. The fraction of sp³-hybridized carbons (Fsp3) is 0.933. The number of aliphatic hydroxyl groups is 1. The van der Waals surface area contributed by atoms with Crippen LogP contribution in [-0.4, -0.2) is 49.5 Å². The maximum absolute atomic E-state index is 10.1. The van der Waals surface area contributed by atoms with E-state index in [2.05, 4.69) is 36.4 Å². The molecule has 0 aliphatic heterocycles. The fourth-order valence-electron chi connectivity index (χ4n) is 2.24. The van der Waals surface area contributed by atoms with Crippen LogP contribution in [0.3, 0.4) is 0 Å². The second-order valence-electron chi connectivity index (χ2n) is 6.74. The molecule has 0 aromatic rings. The van der Waals surface area contributed by atoms with Gasteiger partial charge in [0.05, 0.1) is 18.2 Å². The molecule has 1 aliphatic carbocycles. The van der Waals surface area contributed by atoms with Crippen LogP contribution in [0.25, 0.3) is 0 Å². The van der Waals surface area contributed by atoms with Gasteiger partial charge in [0.2, 0.25) is 0 Å². The first-order valence-electron chi connectivity index (χ1n) is 7.58. The monoisotopic (exact) mass is 285 g/mol. The lowest BCUT2D eigenvalue weighted by atomic mass is 9.80. The molecule has 5 heteroatoms. The highest BCUT2D eigenvalue weighted by atomic mass is 16.5. The first-order valence-corrected chi connectivity index (χ1v) is 7.58. The lowest BCUT2D eigenvalue weighted by Gasteiger charge is -2.35. The third-order valence-electron chi connectivity index (χ3n) is 3.87. The van der Waals surface area contributed by atoms with Gasteiger partial charge in [-0.1, -0.05) is 20.8 Å². The SMILES string of the molecule is CCNC(=NCC1(O)CCC1)NCC(OC)C(C)(C)C. The van der Waals surface area contributed by atoms with E-state index < -0.39 is 5.60 Å². The van der Waals surface area contributed by atoms with E-state index in [9.17, 15) is 5.11 Å². The number of aliphatic imine (C=N–C) groups is 1. The summed E-state index contributed by atoms with van der Waals surface area (Å²) in [6.07, 6.45) is 2.93. The molecule has 0 amide bonds. The van der Waals surface area contributed by atoms with Crippen LogP contribution in [0.1, 0.15) is 47.0 Å². The summed E-state index contributed by atoms with van der Waals surface area (Å²) in [5.41, 5.74) is -0.502. The molecule has 0 aromatic heterocycles. The van der Waals surface area contributed by atoms with Crippen molar-refractivity contribution in [3.05, 3.63) is 0 Å². The van der Waals surface area contributed by atoms with E-state index in [1.807, 2.05) is 6.92 Å². The molecule has 1 saturated carbocycles. The molecule has 0 aromatic carbocycles. The Morgan fingerprint density at radius 1 is 1.35 bits per heavy atom. The molecule has 1 rings (SSSR count). The largest absolute Gasteiger partial charge is 0.388 e. The van der Waals surface area contributed by atoms with Gasteiger partial charge in [-0.3, -0.25) is 4.99 Å². The average molecular weight is 285 g/mol. The van der Waals surface area contributed by atoms with E-state index in [-0.39, 0.29) is 11.5 Å². The van der Waals surface area contributed by atoms with Crippen LogP contribution in [0.4, 0.5) is 0 Å². The van der Waals surface area contributed by atoms with E-state index in [1.54, 1.807) is 7.11 Å². The minimum atomic E-state index is -0.576. The van der Waals surface area contributed by atoms with Crippen molar-refractivity contribution in [1.82, 2.24) is 10.6 Å². The first-order chi connectivity index (χ1) is 9.30. The van der Waals surface area contributed by atoms with Crippen LogP contribution in [0.15, 0.2) is 4.99 Å². The summed E-state index contributed by atoms with van der Waals surface area (Å²) in [7, 11) is 1.73. The Labute approximate surface area is 123 Å². The van der Waals surface area contributed by atoms with E-state index in [0.29, 0.717) is 13.1 Å². The standard InChI is InChI=1S/C15H31N3O2/c1-6-16-13(18-11-15(19)8-7-9-15)17-10-12(20-5)14(2,3)4/h12,19H,6-11H2,1-5H3,(H2,16,17,18). The van der Waals surface area contributed by atoms with Crippen LogP contribution >= 0.6 is 0 Å². The zero-order chi connectivity index (χ0) is 15.2. The van der Waals surface area contributed by atoms with Gasteiger partial charge in [0.1, 0.15) is 0 Å². The van der Waals surface area contributed by atoms with E-state index in [0.717, 1.165) is 31.8 Å². The highest BCUT2D eigenvalue weighted by molar-refractivity contribution is 5.79. The van der Waals surface area contributed by atoms with Crippen molar-refractivity contribution in [2.75, 3.05) is 26.7 Å². The Balaban J connectivity index is 2.51. The molecular formula is C15H31N3O2. The lowest BCUT2D eigenvalue weighted by Crippen LogP contribution is -2.47. The second kappa shape index (κ2) is 7.27. The Morgan fingerprint density at radius 3 is 2.40 bits per heavy atom. The number of methoxy groups -OCH3 is 1. The van der Waals surface area contributed by atoms with Crippen LogP contribution in [0, 0.1) is 5.41 Å². The van der Waals surface area contributed by atoms with Gasteiger partial charge >= 0.3 is 0 Å². The van der Waals surface area contributed by atoms with E-state index in [4.69, 9.17) is 4.74 Å². The van der Waals surface area contributed by atoms with Gasteiger partial charge in [-0.25, -0.2) is 0 Å². The highest BCUT2D eigenvalue weighted by Gasteiger charge is 2.34. The van der Waals surface area contributed by atoms with Gasteiger partial charge < -0.3 is 20.5 Å². The third kappa shape index (κ3) is 5.29. The molecule has 1 unspecified atom stereocenters. The molecule has 1 aliphatic rings. The number of nitrogens with one attached hydrogen (secondary N) is 2. The summed E-state index contributed by atoms with van der Waals surface area (Å²) >= 11 is 0. The summed E-state index contributed by atoms with van der Waals surface area (Å²) in [6.45, 7) is 10.5. The maximum Gasteiger partial charge on any atom is 0.191 e. The average Bonchev–Trinajstić information content (AvgIpc) is 2.32. The molecule has 0 spiro atoms. The quantitative estimate of drug-likeness (QED) is 0.511. The predicted octanol–water partition coefficient (Wildman–Crippen LogP) is 1.52. The summed E-state index contributed by atoms with van der Waals surface area (Å²) in [5.74, 6) is 0.749. The molecule has 20 heavy (non-hydrogen) atoms. The van der Waals surface area contributed by atoms with Gasteiger partial charge in [0, 0.05) is 20.2 Å². The summed E-state index contributed by atoms with van der Waals surface area (Å²) in [5, 5.41) is 16.6. The van der Waals surface area contributed by atoms with Crippen LogP contribution in [-0.2, 0) is 4.74 Å². The van der Waals surface area contributed by atoms with Crippen molar-refractivity contribution in [3.63, 3.8) is 0 Å². The van der Waals surface area contributed by atoms with Gasteiger partial charge in [0.15, 0.2) is 5.96 Å². The number of hydrogen-bond acceptors (Lipinski definition) is 3. The first kappa shape index (κ1) is 17.2. The molecular weight excluding hydrogens is 254 g/mol. The van der Waals surface area contributed by atoms with Crippen molar-refractivity contribution in [2.45, 2.75) is 58.7 Å². The Hall–Kier alpha value is -0.810. The minimum absolute atomic E-state index is 0.0747. The number of guanidine groups is 1. The smallest absolute Gasteiger partial charge is 0.191 e. The van der Waals surface area contributed by atoms with Gasteiger partial charge in [-0.2, -0.15) is 0 Å². The molecule has 1 fully saturated rings. The predicted molar refractivity (Wildman–Crippen MR) is 83.0 cm³/mol. The molecule has 118 valence electrons. The molecule has 0 radical (unpaired) electrons. The minimum Gasteiger partial charge on any atom is -0.388 e. The molecule has 5 nitrogen and oxygen atoms in total. The number of ether oxygens (including phenoxy) is 1. The van der Waals surface area contributed by atoms with Crippen LogP contribution in [0.2, 0.25) is 0 Å². The lowest BCUT2D eigenvalue weighted by molar-refractivity contribution is -0.0236. The van der Waals surface area contributed by atoms with E-state index in [1.165, 1.54) is 0 Å². The highest BCUT2D eigenvalue weighted by Crippen LogP contribution is 2.31. The summed E-state index contributed by atoms with van der Waals surface area (Å²) in [6, 6.07) is 0. The topological polar surface area (TPSA) is 65.9 Å². The molecule has 3 N–H and O–H groups in total. The number of hydrogen-bond donors (Lipinski definition) is 3. The van der Waals surface area contributed by atoms with Crippen molar-refractivity contribution < 1.29 is 9.84 Å². The summed E-state index contributed by atoms with van der Waals surface area (Å²) < 4.78 is 5.53. The Bertz CT molecular complexity index is 320. The number of rotatable bonds is 6. The zero-order valence-corrected chi connectivity index (χ0v) is 13.6. The zero-order valence-electron chi connectivity index (χ0n) is 13.6. The van der Waals surface area contributed by atoms with Gasteiger partial charge in [-0.05, 0) is 31.6 Å². The van der Waals surface area contributed by atoms with Gasteiger partial charge in [-0.15, -0.1) is 0 Å². The van der Waals surface area contributed by atoms with E-state index >= 15 is 0 Å². The normalized spacial score (nSPS) is 20.2. The molecule has 0 heterocycles.